The van der Waals surface area contributed by atoms with Crippen LogP contribution in [-0.4, -0.2) is 0 Å². The Bertz CT molecular complexity index is 717. The average Bonchev–Trinajstić information content (AvgIpc) is 2.51. The van der Waals surface area contributed by atoms with Gasteiger partial charge in [0.05, 0.1) is 0 Å². The molecule has 0 bridgehead atoms. The van der Waals surface area contributed by atoms with Gasteiger partial charge in [-0.3, -0.25) is 0 Å². The predicted octanol–water partition coefficient (Wildman–Crippen LogP) is 6.71. The van der Waals surface area contributed by atoms with E-state index in [-0.39, 0.29) is 59.4 Å². The second kappa shape index (κ2) is 10.2. The maximum atomic E-state index is 11.6. The van der Waals surface area contributed by atoms with E-state index < -0.39 is 0 Å². The molecular formula is C28H42O2Zr. The van der Waals surface area contributed by atoms with E-state index in [9.17, 15) is 10.2 Å². The summed E-state index contributed by atoms with van der Waals surface area (Å²) >= 11 is 0. The van der Waals surface area contributed by atoms with Crippen molar-refractivity contribution in [2.45, 2.75) is 105 Å². The third-order valence-corrected chi connectivity index (χ3v) is 5.28. The molecule has 2 aromatic rings. The number of benzene rings is 2. The molecule has 0 fully saturated rings. The molecule has 3 heteroatoms. The third-order valence-electron chi connectivity index (χ3n) is 5.28. The maximum absolute atomic E-state index is 11.6. The molecule has 2 rings (SSSR count). The molecule has 170 valence electrons. The van der Waals surface area contributed by atoms with Crippen LogP contribution in [0.5, 0.6) is 11.5 Å². The monoisotopic (exact) mass is 500 g/mol. The smallest absolute Gasteiger partial charge is 0.872 e. The Morgan fingerprint density at radius 1 is 0.387 bits per heavy atom. The number of hydrogen-bond acceptors (Lipinski definition) is 2. The first-order chi connectivity index (χ1) is 13.2. The number of rotatable bonds is 0. The van der Waals surface area contributed by atoms with Crippen molar-refractivity contribution >= 4 is 0 Å². The molecule has 0 amide bonds. The summed E-state index contributed by atoms with van der Waals surface area (Å²) in [4.78, 5) is 0. The van der Waals surface area contributed by atoms with Crippen LogP contribution in [0.1, 0.15) is 105 Å². The van der Waals surface area contributed by atoms with Gasteiger partial charge in [-0.2, -0.15) is 0 Å². The van der Waals surface area contributed by atoms with Crippen LogP contribution in [-0.2, 0) is 47.9 Å². The molecule has 0 saturated carbocycles. The van der Waals surface area contributed by atoms with E-state index in [1.54, 1.807) is 24.3 Å². The topological polar surface area (TPSA) is 46.1 Å². The Hall–Kier alpha value is -1.08. The average molecular weight is 502 g/mol. The van der Waals surface area contributed by atoms with Crippen LogP contribution < -0.4 is 10.2 Å². The molecule has 0 radical (unpaired) electrons. The Morgan fingerprint density at radius 2 is 0.548 bits per heavy atom. The Balaban J connectivity index is 0.000000562. The molecule has 0 spiro atoms. The van der Waals surface area contributed by atoms with Crippen LogP contribution in [0.15, 0.2) is 36.4 Å². The largest absolute Gasteiger partial charge is 2.00 e. The molecular weight excluding hydrogens is 460 g/mol. The summed E-state index contributed by atoms with van der Waals surface area (Å²) in [6.07, 6.45) is 0. The molecule has 0 saturated heterocycles. The van der Waals surface area contributed by atoms with Crippen molar-refractivity contribution in [3.8, 4) is 11.5 Å². The van der Waals surface area contributed by atoms with Gasteiger partial charge in [-0.25, -0.2) is 0 Å². The molecule has 2 aromatic carbocycles. The van der Waals surface area contributed by atoms with E-state index in [0.717, 1.165) is 22.3 Å². The second-order valence-electron chi connectivity index (χ2n) is 12.5. The Labute approximate surface area is 210 Å². The van der Waals surface area contributed by atoms with Gasteiger partial charge in [-0.1, -0.05) is 119 Å². The van der Waals surface area contributed by atoms with E-state index in [2.05, 4.69) is 95.2 Å². The van der Waals surface area contributed by atoms with Crippen LogP contribution in [0, 0.1) is 0 Å². The van der Waals surface area contributed by atoms with Gasteiger partial charge in [-0.05, 0) is 43.9 Å². The summed E-state index contributed by atoms with van der Waals surface area (Å²) in [5.74, 6) is 0.236. The fourth-order valence-corrected chi connectivity index (χ4v) is 2.93. The van der Waals surface area contributed by atoms with Crippen LogP contribution >= 0.6 is 0 Å². The summed E-state index contributed by atoms with van der Waals surface area (Å²) in [5, 5.41) is 23.2. The summed E-state index contributed by atoms with van der Waals surface area (Å²) in [6, 6.07) is 11.3. The van der Waals surface area contributed by atoms with Crippen molar-refractivity contribution in [2.24, 2.45) is 0 Å². The first-order valence-electron chi connectivity index (χ1n) is 10.9. The zero-order valence-corrected chi connectivity index (χ0v) is 24.2. The molecule has 31 heavy (non-hydrogen) atoms. The molecule has 2 nitrogen and oxygen atoms in total. The minimum atomic E-state index is 0. The van der Waals surface area contributed by atoms with Gasteiger partial charge in [0.2, 0.25) is 0 Å². The molecule has 0 atom stereocenters. The minimum absolute atomic E-state index is 0. The van der Waals surface area contributed by atoms with E-state index in [0.29, 0.717) is 0 Å². The first kappa shape index (κ1) is 29.9. The molecule has 0 aliphatic carbocycles. The Kier molecular flexibility index (Phi) is 9.89. The molecule has 0 heterocycles. The number of hydrogen-bond donors (Lipinski definition) is 0. The zero-order valence-electron chi connectivity index (χ0n) is 21.8. The van der Waals surface area contributed by atoms with Crippen LogP contribution in [0.2, 0.25) is 0 Å². The summed E-state index contributed by atoms with van der Waals surface area (Å²) in [6.45, 7) is 25.6. The summed E-state index contributed by atoms with van der Waals surface area (Å²) < 4.78 is 0. The van der Waals surface area contributed by atoms with Crippen molar-refractivity contribution in [1.29, 1.82) is 0 Å². The van der Waals surface area contributed by atoms with Gasteiger partial charge in [0, 0.05) is 0 Å². The van der Waals surface area contributed by atoms with Crippen molar-refractivity contribution in [2.75, 3.05) is 0 Å². The third kappa shape index (κ3) is 9.52. The van der Waals surface area contributed by atoms with Gasteiger partial charge in [0.25, 0.3) is 0 Å². The minimum Gasteiger partial charge on any atom is -0.872 e. The first-order valence-corrected chi connectivity index (χ1v) is 10.9. The Morgan fingerprint density at radius 3 is 0.677 bits per heavy atom. The van der Waals surface area contributed by atoms with Gasteiger partial charge < -0.3 is 10.2 Å². The van der Waals surface area contributed by atoms with Gasteiger partial charge >= 0.3 is 26.2 Å². The van der Waals surface area contributed by atoms with Crippen molar-refractivity contribution in [1.82, 2.24) is 0 Å². The summed E-state index contributed by atoms with van der Waals surface area (Å²) in [7, 11) is 0. The van der Waals surface area contributed by atoms with E-state index in [1.807, 2.05) is 0 Å². The molecule has 0 aromatic heterocycles. The van der Waals surface area contributed by atoms with E-state index in [1.165, 1.54) is 0 Å². The van der Waals surface area contributed by atoms with Crippen LogP contribution in [0.4, 0.5) is 0 Å². The fourth-order valence-electron chi connectivity index (χ4n) is 2.93. The molecule has 0 aliphatic heterocycles. The summed E-state index contributed by atoms with van der Waals surface area (Å²) in [5.41, 5.74) is 4.67. The van der Waals surface area contributed by atoms with Crippen molar-refractivity contribution < 1.29 is 36.4 Å². The molecule has 0 aliphatic rings. The zero-order chi connectivity index (χ0) is 23.7. The van der Waals surface area contributed by atoms with E-state index in [4.69, 9.17) is 0 Å². The molecule has 0 N–H and O–H groups in total. The quantitative estimate of drug-likeness (QED) is 0.403. The normalized spacial score (nSPS) is 12.5. The van der Waals surface area contributed by atoms with E-state index >= 15 is 0 Å². The SMILES string of the molecule is CC(C)(C)c1cc([O-])cc(C(C)(C)C)c1.CC(C)(C)c1cc([O-])cc(C(C)(C)C)c1.[Zr+2]. The van der Waals surface area contributed by atoms with Crippen molar-refractivity contribution in [3.63, 3.8) is 0 Å². The maximum Gasteiger partial charge on any atom is 2.00 e. The van der Waals surface area contributed by atoms with Gasteiger partial charge in [0.15, 0.2) is 0 Å². The van der Waals surface area contributed by atoms with Crippen LogP contribution in [0.3, 0.4) is 0 Å². The standard InChI is InChI=1S/2C14H22O.Zr/c2*1-13(2,3)10-7-11(14(4,5)6)9-12(15)8-10;/h2*7-9,15H,1-6H3;/q;;+2/p-2. The van der Waals surface area contributed by atoms with Crippen LogP contribution in [0.25, 0.3) is 0 Å². The van der Waals surface area contributed by atoms with Gasteiger partial charge in [-0.15, -0.1) is 11.5 Å². The fraction of sp³-hybridized carbons (Fsp3) is 0.571. The van der Waals surface area contributed by atoms with Gasteiger partial charge in [0.1, 0.15) is 0 Å². The van der Waals surface area contributed by atoms with Crippen molar-refractivity contribution in [3.05, 3.63) is 58.7 Å². The second-order valence-corrected chi connectivity index (χ2v) is 12.5. The molecule has 0 unspecified atom stereocenters. The predicted molar refractivity (Wildman–Crippen MR) is 127 cm³/mol.